The third-order valence-corrected chi connectivity index (χ3v) is 6.53. The molecular formula is C25H23F3N6O2. The normalized spacial score (nSPS) is 17.2. The van der Waals surface area contributed by atoms with E-state index in [0.29, 0.717) is 46.6 Å². The number of nitrogens with one attached hydrogen (secondary N) is 1. The van der Waals surface area contributed by atoms with E-state index >= 15 is 0 Å². The maximum absolute atomic E-state index is 14.4. The Balaban J connectivity index is 1.54. The highest BCUT2D eigenvalue weighted by atomic mass is 19.3. The third-order valence-electron chi connectivity index (χ3n) is 6.53. The minimum atomic E-state index is -3.72. The molecule has 5 N–H and O–H groups in total. The smallest absolute Gasteiger partial charge is 0.395 e. The summed E-state index contributed by atoms with van der Waals surface area (Å²) in [6.07, 6.45) is -0.534. The van der Waals surface area contributed by atoms with Gasteiger partial charge in [0.15, 0.2) is 11.5 Å². The monoisotopic (exact) mass is 496 g/mol. The van der Waals surface area contributed by atoms with Gasteiger partial charge in [-0.05, 0) is 43.0 Å². The van der Waals surface area contributed by atoms with Gasteiger partial charge in [-0.2, -0.15) is 0 Å². The number of hydrogen-bond donors (Lipinski definition) is 3. The van der Waals surface area contributed by atoms with E-state index in [1.807, 2.05) is 13.0 Å². The van der Waals surface area contributed by atoms with E-state index in [0.717, 1.165) is 24.1 Å². The number of halogens is 3. The molecule has 1 fully saturated rings. The third kappa shape index (κ3) is 3.85. The summed E-state index contributed by atoms with van der Waals surface area (Å²) in [6.45, 7) is 3.17. The van der Waals surface area contributed by atoms with Crippen LogP contribution in [0.3, 0.4) is 0 Å². The Labute approximate surface area is 204 Å². The van der Waals surface area contributed by atoms with Gasteiger partial charge in [-0.25, -0.2) is 14.4 Å². The second-order valence-electron chi connectivity index (χ2n) is 9.19. The van der Waals surface area contributed by atoms with Crippen LogP contribution in [0.1, 0.15) is 18.4 Å². The summed E-state index contributed by atoms with van der Waals surface area (Å²) in [5.41, 5.74) is 16.8. The predicted octanol–water partition coefficient (Wildman–Crippen LogP) is 4.57. The van der Waals surface area contributed by atoms with Crippen molar-refractivity contribution in [3.8, 4) is 34.0 Å². The van der Waals surface area contributed by atoms with Crippen LogP contribution >= 0.6 is 0 Å². The van der Waals surface area contributed by atoms with Crippen LogP contribution in [-0.2, 0) is 0 Å². The Morgan fingerprint density at radius 1 is 1.08 bits per heavy atom. The van der Waals surface area contributed by atoms with E-state index in [9.17, 15) is 13.2 Å². The number of nitrogens with zero attached hydrogens (tertiary/aromatic N) is 3. The molecule has 2 aliphatic heterocycles. The van der Waals surface area contributed by atoms with Crippen molar-refractivity contribution in [3.63, 3.8) is 0 Å². The molecule has 0 saturated carbocycles. The van der Waals surface area contributed by atoms with E-state index in [1.54, 1.807) is 6.20 Å². The Morgan fingerprint density at radius 2 is 1.81 bits per heavy atom. The number of alkyl halides is 2. The highest BCUT2D eigenvalue weighted by Crippen LogP contribution is 2.45. The van der Waals surface area contributed by atoms with Crippen LogP contribution in [0.15, 0.2) is 36.5 Å². The van der Waals surface area contributed by atoms with Gasteiger partial charge in [-0.3, -0.25) is 0 Å². The van der Waals surface area contributed by atoms with Crippen molar-refractivity contribution in [1.82, 2.24) is 15.0 Å². The molecule has 4 aromatic rings. The van der Waals surface area contributed by atoms with Crippen LogP contribution in [0.2, 0.25) is 0 Å². The number of H-pyrrole nitrogens is 1. The van der Waals surface area contributed by atoms with Gasteiger partial charge in [0.25, 0.3) is 0 Å². The van der Waals surface area contributed by atoms with Crippen LogP contribution in [0.5, 0.6) is 11.5 Å². The van der Waals surface area contributed by atoms with Gasteiger partial charge in [0, 0.05) is 43.0 Å². The molecule has 4 heterocycles. The molecule has 1 saturated heterocycles. The molecule has 2 aromatic carbocycles. The summed E-state index contributed by atoms with van der Waals surface area (Å²) in [7, 11) is 0. The molecule has 0 aliphatic carbocycles. The molecule has 0 unspecified atom stereocenters. The number of aromatic nitrogens is 3. The van der Waals surface area contributed by atoms with Gasteiger partial charge in [0.05, 0.1) is 22.3 Å². The summed E-state index contributed by atoms with van der Waals surface area (Å²) in [6, 6.07) is 7.69. The van der Waals surface area contributed by atoms with Crippen LogP contribution in [0, 0.1) is 12.7 Å². The molecule has 2 aliphatic rings. The summed E-state index contributed by atoms with van der Waals surface area (Å²) < 4.78 is 50.5. The van der Waals surface area contributed by atoms with Crippen molar-refractivity contribution < 1.29 is 22.6 Å². The molecular weight excluding hydrogens is 473 g/mol. The second kappa shape index (κ2) is 8.02. The molecule has 0 amide bonds. The lowest BCUT2D eigenvalue weighted by molar-refractivity contribution is -0.286. The lowest BCUT2D eigenvalue weighted by Crippen LogP contribution is -2.40. The standard InChI is InChI=1S/C25H23F3N6O2/c1-12-6-13(8-14(26)7-12)16-11-31-23(30)21(22(16)34-4-2-15(29)3-5-34)24-32-17-9-19-20(10-18(17)33-24)36-25(27,28)35-19/h6-11,15H,2-5,29H2,1H3,(H2,30,31)(H,32,33). The van der Waals surface area contributed by atoms with Gasteiger partial charge in [-0.15, -0.1) is 8.78 Å². The lowest BCUT2D eigenvalue weighted by atomic mass is 9.97. The first-order chi connectivity index (χ1) is 17.2. The van der Waals surface area contributed by atoms with Crippen molar-refractivity contribution in [1.29, 1.82) is 0 Å². The van der Waals surface area contributed by atoms with Crippen molar-refractivity contribution in [2.45, 2.75) is 32.1 Å². The highest BCUT2D eigenvalue weighted by molar-refractivity contribution is 5.96. The SMILES string of the molecule is Cc1cc(F)cc(-c2cnc(N)c(-c3nc4cc5c(cc4[nH]3)OC(F)(F)O5)c2N2CCC(N)CC2)c1. The molecule has 0 bridgehead atoms. The van der Waals surface area contributed by atoms with E-state index in [4.69, 9.17) is 11.5 Å². The molecule has 6 rings (SSSR count). The maximum atomic E-state index is 14.4. The number of hydrogen-bond acceptors (Lipinski definition) is 7. The van der Waals surface area contributed by atoms with Gasteiger partial charge in [0.1, 0.15) is 17.5 Å². The number of aryl methyl sites for hydroxylation is 1. The predicted molar refractivity (Wildman–Crippen MR) is 129 cm³/mol. The van der Waals surface area contributed by atoms with Gasteiger partial charge >= 0.3 is 6.29 Å². The van der Waals surface area contributed by atoms with E-state index in [-0.39, 0.29) is 29.2 Å². The van der Waals surface area contributed by atoms with Crippen molar-refractivity contribution in [2.75, 3.05) is 23.7 Å². The van der Waals surface area contributed by atoms with Crippen LogP contribution < -0.4 is 25.8 Å². The van der Waals surface area contributed by atoms with Crippen LogP contribution in [0.25, 0.3) is 33.5 Å². The molecule has 0 atom stereocenters. The topological polar surface area (TPSA) is 115 Å². The largest absolute Gasteiger partial charge is 0.586 e. The van der Waals surface area contributed by atoms with Crippen molar-refractivity contribution >= 4 is 22.5 Å². The molecule has 186 valence electrons. The Kier molecular flexibility index (Phi) is 5.01. The summed E-state index contributed by atoms with van der Waals surface area (Å²) >= 11 is 0. The first kappa shape index (κ1) is 22.5. The van der Waals surface area contributed by atoms with Gasteiger partial charge < -0.3 is 30.8 Å². The van der Waals surface area contributed by atoms with Crippen LogP contribution in [0.4, 0.5) is 24.7 Å². The minimum absolute atomic E-state index is 0.0930. The van der Waals surface area contributed by atoms with E-state index in [1.165, 1.54) is 24.3 Å². The average Bonchev–Trinajstić information content (AvgIpc) is 3.34. The zero-order valence-electron chi connectivity index (χ0n) is 19.3. The van der Waals surface area contributed by atoms with Crippen molar-refractivity contribution in [2.24, 2.45) is 5.73 Å². The zero-order valence-corrected chi connectivity index (χ0v) is 19.3. The van der Waals surface area contributed by atoms with Crippen molar-refractivity contribution in [3.05, 3.63) is 47.9 Å². The number of pyridine rings is 1. The van der Waals surface area contributed by atoms with E-state index in [2.05, 4.69) is 29.3 Å². The zero-order chi connectivity index (χ0) is 25.2. The Hall–Kier alpha value is -3.99. The maximum Gasteiger partial charge on any atom is 0.586 e. The first-order valence-electron chi connectivity index (χ1n) is 11.5. The average molecular weight is 496 g/mol. The number of aromatic amines is 1. The van der Waals surface area contributed by atoms with Gasteiger partial charge in [-0.1, -0.05) is 6.07 Å². The number of ether oxygens (including phenoxy) is 2. The molecule has 36 heavy (non-hydrogen) atoms. The number of imidazole rings is 1. The second-order valence-corrected chi connectivity index (χ2v) is 9.19. The molecule has 0 spiro atoms. The van der Waals surface area contributed by atoms with Crippen LogP contribution in [-0.4, -0.2) is 40.4 Å². The molecule has 8 nitrogen and oxygen atoms in total. The fourth-order valence-corrected chi connectivity index (χ4v) is 4.88. The Bertz CT molecular complexity index is 1430. The summed E-state index contributed by atoms with van der Waals surface area (Å²) in [5, 5.41) is 0. The fraction of sp³-hybridized carbons (Fsp3) is 0.280. The number of nitrogens with two attached hydrogens (primary N) is 2. The lowest BCUT2D eigenvalue weighted by Gasteiger charge is -2.34. The number of anilines is 2. The molecule has 2 aromatic heterocycles. The van der Waals surface area contributed by atoms with E-state index < -0.39 is 6.29 Å². The summed E-state index contributed by atoms with van der Waals surface area (Å²) in [4.78, 5) is 14.4. The summed E-state index contributed by atoms with van der Waals surface area (Å²) in [5.74, 6) is 0.0617. The van der Waals surface area contributed by atoms with Gasteiger partial charge in [0.2, 0.25) is 0 Å². The fourth-order valence-electron chi connectivity index (χ4n) is 4.88. The molecule has 0 radical (unpaired) electrons. The highest BCUT2D eigenvalue weighted by Gasteiger charge is 2.43. The first-order valence-corrected chi connectivity index (χ1v) is 11.5. The minimum Gasteiger partial charge on any atom is -0.395 e. The Morgan fingerprint density at radius 3 is 2.53 bits per heavy atom. The number of rotatable bonds is 3. The number of benzene rings is 2. The number of piperidine rings is 1. The number of fused-ring (bicyclic) bond motifs is 2. The quantitative estimate of drug-likeness (QED) is 0.381. The number of nitrogen functional groups attached to an aromatic ring is 1. The molecule has 11 heteroatoms.